The molecule has 1 amide bonds. The second-order valence-corrected chi connectivity index (χ2v) is 5.58. The summed E-state index contributed by atoms with van der Waals surface area (Å²) in [4.78, 5) is 12.0. The number of piperidine rings is 1. The maximum Gasteiger partial charge on any atom is 0.237 e. The third kappa shape index (κ3) is 2.55. The predicted molar refractivity (Wildman–Crippen MR) is 64.2 cm³/mol. The van der Waals surface area contributed by atoms with Crippen LogP contribution < -0.4 is 16.0 Å². The van der Waals surface area contributed by atoms with Crippen LogP contribution in [0, 0.1) is 5.92 Å². The first-order valence-corrected chi connectivity index (χ1v) is 6.37. The van der Waals surface area contributed by atoms with Crippen LogP contribution in [0.15, 0.2) is 0 Å². The molecule has 2 aliphatic heterocycles. The zero-order valence-electron chi connectivity index (χ0n) is 10.3. The molecule has 0 saturated carbocycles. The molecular formula is C12H23N3O. The molecule has 2 heterocycles. The highest BCUT2D eigenvalue weighted by Gasteiger charge is 2.39. The molecule has 1 spiro atoms. The average Bonchev–Trinajstić information content (AvgIpc) is 2.23. The van der Waals surface area contributed by atoms with Gasteiger partial charge in [0.25, 0.3) is 0 Å². The van der Waals surface area contributed by atoms with E-state index in [0.717, 1.165) is 38.9 Å². The maximum atomic E-state index is 12.0. The first-order chi connectivity index (χ1) is 7.61. The molecule has 0 aromatic rings. The number of carbonyl (C=O) groups excluding carboxylic acids is 1. The predicted octanol–water partition coefficient (Wildman–Crippen LogP) is 0.243. The Labute approximate surface area is 97.6 Å². The Morgan fingerprint density at radius 1 is 1.38 bits per heavy atom. The second-order valence-electron chi connectivity index (χ2n) is 5.58. The molecule has 0 radical (unpaired) electrons. The van der Waals surface area contributed by atoms with Crippen LogP contribution >= 0.6 is 0 Å². The number of rotatable bonds is 2. The molecule has 4 heteroatoms. The quantitative estimate of drug-likeness (QED) is 0.631. The van der Waals surface area contributed by atoms with E-state index >= 15 is 0 Å². The summed E-state index contributed by atoms with van der Waals surface area (Å²) in [6, 6.07) is 0.0144. The minimum Gasteiger partial charge on any atom is -0.348 e. The first-order valence-electron chi connectivity index (χ1n) is 6.37. The van der Waals surface area contributed by atoms with Crippen LogP contribution in [0.3, 0.4) is 0 Å². The Hall–Kier alpha value is -0.610. The molecule has 3 N–H and O–H groups in total. The average molecular weight is 225 g/mol. The lowest BCUT2D eigenvalue weighted by Gasteiger charge is -2.44. The molecular weight excluding hydrogens is 202 g/mol. The normalized spacial score (nSPS) is 29.4. The minimum absolute atomic E-state index is 0.0144. The minimum atomic E-state index is 0.0144. The van der Waals surface area contributed by atoms with Crippen LogP contribution in [-0.2, 0) is 4.79 Å². The van der Waals surface area contributed by atoms with Gasteiger partial charge in [0.1, 0.15) is 0 Å². The molecule has 92 valence electrons. The van der Waals surface area contributed by atoms with Gasteiger partial charge in [-0.05, 0) is 38.3 Å². The largest absolute Gasteiger partial charge is 0.348 e. The SMILES string of the molecule is CC(C)CC1NCC2(CCNCC2)NC1=O. The van der Waals surface area contributed by atoms with E-state index in [1.165, 1.54) is 0 Å². The van der Waals surface area contributed by atoms with Gasteiger partial charge >= 0.3 is 0 Å². The number of hydrogen-bond acceptors (Lipinski definition) is 3. The first kappa shape index (κ1) is 11.9. The highest BCUT2D eigenvalue weighted by molar-refractivity contribution is 5.83. The maximum absolute atomic E-state index is 12.0. The summed E-state index contributed by atoms with van der Waals surface area (Å²) in [5.74, 6) is 0.757. The standard InChI is InChI=1S/C12H23N3O/c1-9(2)7-10-11(16)15-12(8-14-10)3-5-13-6-4-12/h9-10,13-14H,3-8H2,1-2H3,(H,15,16). The van der Waals surface area contributed by atoms with Crippen molar-refractivity contribution >= 4 is 5.91 Å². The molecule has 16 heavy (non-hydrogen) atoms. The van der Waals surface area contributed by atoms with Crippen molar-refractivity contribution in [1.82, 2.24) is 16.0 Å². The topological polar surface area (TPSA) is 53.2 Å². The van der Waals surface area contributed by atoms with Crippen molar-refractivity contribution in [2.24, 2.45) is 5.92 Å². The molecule has 1 atom stereocenters. The van der Waals surface area contributed by atoms with Crippen LogP contribution in [0.5, 0.6) is 0 Å². The third-order valence-corrected chi connectivity index (χ3v) is 3.66. The van der Waals surface area contributed by atoms with E-state index in [0.29, 0.717) is 5.92 Å². The lowest BCUT2D eigenvalue weighted by molar-refractivity contribution is -0.128. The molecule has 0 bridgehead atoms. The lowest BCUT2D eigenvalue weighted by atomic mass is 9.85. The van der Waals surface area contributed by atoms with Gasteiger partial charge in [0.15, 0.2) is 0 Å². The zero-order valence-corrected chi connectivity index (χ0v) is 10.3. The molecule has 2 rings (SSSR count). The summed E-state index contributed by atoms with van der Waals surface area (Å²) in [5.41, 5.74) is 0.0236. The fourth-order valence-electron chi connectivity index (χ4n) is 2.67. The number of piperazine rings is 1. The molecule has 0 aliphatic carbocycles. The fourth-order valence-corrected chi connectivity index (χ4v) is 2.67. The van der Waals surface area contributed by atoms with Gasteiger partial charge in [-0.2, -0.15) is 0 Å². The van der Waals surface area contributed by atoms with Gasteiger partial charge in [-0.3, -0.25) is 4.79 Å². The van der Waals surface area contributed by atoms with Crippen LogP contribution in [0.2, 0.25) is 0 Å². The number of carbonyl (C=O) groups is 1. The van der Waals surface area contributed by atoms with Crippen molar-refractivity contribution in [2.45, 2.75) is 44.7 Å². The zero-order chi connectivity index (χ0) is 11.6. The van der Waals surface area contributed by atoms with Gasteiger partial charge in [-0.25, -0.2) is 0 Å². The van der Waals surface area contributed by atoms with Gasteiger partial charge in [0.2, 0.25) is 5.91 Å². The Kier molecular flexibility index (Phi) is 3.50. The van der Waals surface area contributed by atoms with Crippen LogP contribution in [0.25, 0.3) is 0 Å². The lowest BCUT2D eigenvalue weighted by Crippen LogP contribution is -2.68. The van der Waals surface area contributed by atoms with Gasteiger partial charge in [-0.15, -0.1) is 0 Å². The van der Waals surface area contributed by atoms with E-state index in [-0.39, 0.29) is 17.5 Å². The van der Waals surface area contributed by atoms with Gasteiger partial charge in [0.05, 0.1) is 11.6 Å². The molecule has 0 aromatic heterocycles. The van der Waals surface area contributed by atoms with E-state index in [9.17, 15) is 4.79 Å². The summed E-state index contributed by atoms with van der Waals surface area (Å²) >= 11 is 0. The van der Waals surface area contributed by atoms with E-state index in [1.807, 2.05) is 0 Å². The third-order valence-electron chi connectivity index (χ3n) is 3.66. The summed E-state index contributed by atoms with van der Waals surface area (Å²) in [5, 5.41) is 10.0. The number of nitrogens with one attached hydrogen (secondary N) is 3. The number of amides is 1. The summed E-state index contributed by atoms with van der Waals surface area (Å²) in [6.45, 7) is 7.26. The summed E-state index contributed by atoms with van der Waals surface area (Å²) < 4.78 is 0. The van der Waals surface area contributed by atoms with E-state index in [1.54, 1.807) is 0 Å². The number of hydrogen-bond donors (Lipinski definition) is 3. The molecule has 2 aliphatic rings. The van der Waals surface area contributed by atoms with Crippen LogP contribution in [-0.4, -0.2) is 37.1 Å². The van der Waals surface area contributed by atoms with Crippen molar-refractivity contribution < 1.29 is 4.79 Å². The Bertz CT molecular complexity index is 259. The van der Waals surface area contributed by atoms with Crippen molar-refractivity contribution in [2.75, 3.05) is 19.6 Å². The van der Waals surface area contributed by atoms with E-state index in [4.69, 9.17) is 0 Å². The monoisotopic (exact) mass is 225 g/mol. The summed E-state index contributed by atoms with van der Waals surface area (Å²) in [6.07, 6.45) is 3.01. The second kappa shape index (κ2) is 4.72. The van der Waals surface area contributed by atoms with Gasteiger partial charge in [-0.1, -0.05) is 13.8 Å². The summed E-state index contributed by atoms with van der Waals surface area (Å²) in [7, 11) is 0. The van der Waals surface area contributed by atoms with E-state index < -0.39 is 0 Å². The van der Waals surface area contributed by atoms with Gasteiger partial charge in [0, 0.05) is 6.54 Å². The Balaban J connectivity index is 1.93. The van der Waals surface area contributed by atoms with Crippen molar-refractivity contribution in [1.29, 1.82) is 0 Å². The highest BCUT2D eigenvalue weighted by Crippen LogP contribution is 2.21. The van der Waals surface area contributed by atoms with Crippen LogP contribution in [0.1, 0.15) is 33.1 Å². The van der Waals surface area contributed by atoms with Crippen molar-refractivity contribution in [3.8, 4) is 0 Å². The van der Waals surface area contributed by atoms with Crippen molar-refractivity contribution in [3.05, 3.63) is 0 Å². The van der Waals surface area contributed by atoms with Crippen LogP contribution in [0.4, 0.5) is 0 Å². The Morgan fingerprint density at radius 2 is 2.06 bits per heavy atom. The van der Waals surface area contributed by atoms with Crippen molar-refractivity contribution in [3.63, 3.8) is 0 Å². The highest BCUT2D eigenvalue weighted by atomic mass is 16.2. The smallest absolute Gasteiger partial charge is 0.237 e. The molecule has 1 unspecified atom stereocenters. The Morgan fingerprint density at radius 3 is 2.62 bits per heavy atom. The van der Waals surface area contributed by atoms with Gasteiger partial charge < -0.3 is 16.0 Å². The molecule has 0 aromatic carbocycles. The molecule has 2 saturated heterocycles. The fraction of sp³-hybridized carbons (Fsp3) is 0.917. The molecule has 2 fully saturated rings. The van der Waals surface area contributed by atoms with E-state index in [2.05, 4.69) is 29.8 Å². The molecule has 4 nitrogen and oxygen atoms in total.